The van der Waals surface area contributed by atoms with Gasteiger partial charge in [0.15, 0.2) is 0 Å². The van der Waals surface area contributed by atoms with Gasteiger partial charge in [0.05, 0.1) is 10.6 Å². The van der Waals surface area contributed by atoms with Crippen LogP contribution >= 0.6 is 22.9 Å². The molecule has 4 rings (SSSR count). The van der Waals surface area contributed by atoms with E-state index in [1.807, 2.05) is 38.1 Å². The number of aryl methyl sites for hydroxylation is 3. The first-order chi connectivity index (χ1) is 16.6. The summed E-state index contributed by atoms with van der Waals surface area (Å²) < 4.78 is 28.2. The van der Waals surface area contributed by atoms with Crippen LogP contribution in [0.4, 0.5) is 10.8 Å². The number of sulfonamides is 1. The zero-order valence-corrected chi connectivity index (χ0v) is 21.7. The van der Waals surface area contributed by atoms with Crippen molar-refractivity contribution in [1.82, 2.24) is 10.2 Å². The Labute approximate surface area is 213 Å². The molecular weight excluding hydrogens is 504 g/mol. The zero-order valence-electron chi connectivity index (χ0n) is 19.3. The molecule has 35 heavy (non-hydrogen) atoms. The molecule has 1 N–H and O–H groups in total. The number of anilines is 2. The second kappa shape index (κ2) is 10.2. The number of hydrogen-bond donors (Lipinski definition) is 1. The van der Waals surface area contributed by atoms with Gasteiger partial charge in [0.25, 0.3) is 10.0 Å². The fourth-order valence-electron chi connectivity index (χ4n) is 3.41. The number of carbonyl (C=O) groups is 1. The molecule has 1 amide bonds. The predicted molar refractivity (Wildman–Crippen MR) is 141 cm³/mol. The first-order valence-corrected chi connectivity index (χ1v) is 13.3. The van der Waals surface area contributed by atoms with E-state index in [1.165, 1.54) is 23.5 Å². The van der Waals surface area contributed by atoms with E-state index < -0.39 is 22.5 Å². The third kappa shape index (κ3) is 5.70. The number of rotatable bonds is 7. The smallest absolute Gasteiger partial charge is 0.264 e. The normalized spacial score (nSPS) is 11.3. The van der Waals surface area contributed by atoms with Crippen molar-refractivity contribution in [1.29, 1.82) is 0 Å². The zero-order chi connectivity index (χ0) is 25.2. The lowest BCUT2D eigenvalue weighted by Gasteiger charge is -2.25. The number of amides is 1. The molecule has 0 aliphatic carbocycles. The Morgan fingerprint density at radius 3 is 2.20 bits per heavy atom. The molecular formula is C25H23ClN4O3S2. The van der Waals surface area contributed by atoms with Crippen LogP contribution in [-0.4, -0.2) is 31.1 Å². The minimum Gasteiger partial charge on any atom is -0.299 e. The number of carbonyl (C=O) groups excluding carboxylic acids is 1. The number of halogens is 1. The Morgan fingerprint density at radius 2 is 1.57 bits per heavy atom. The van der Waals surface area contributed by atoms with Gasteiger partial charge in [-0.1, -0.05) is 70.5 Å². The van der Waals surface area contributed by atoms with Crippen molar-refractivity contribution in [3.63, 3.8) is 0 Å². The number of benzene rings is 3. The highest BCUT2D eigenvalue weighted by molar-refractivity contribution is 7.92. The second-order valence-corrected chi connectivity index (χ2v) is 11.4. The van der Waals surface area contributed by atoms with Crippen molar-refractivity contribution in [3.8, 4) is 10.6 Å². The van der Waals surface area contributed by atoms with Crippen LogP contribution in [0.5, 0.6) is 0 Å². The predicted octanol–water partition coefficient (Wildman–Crippen LogP) is 5.62. The molecule has 0 spiro atoms. The summed E-state index contributed by atoms with van der Waals surface area (Å²) >= 11 is 7.30. The summed E-state index contributed by atoms with van der Waals surface area (Å²) in [7, 11) is -4.04. The molecule has 0 radical (unpaired) electrons. The summed E-state index contributed by atoms with van der Waals surface area (Å²) in [4.78, 5) is 13.1. The standard InChI is InChI=1S/C25H23ClN4O3S2/c1-16-4-8-19(9-5-16)24-28-29-25(34-24)27-23(31)15-30(22-13-10-20(26)14-18(22)3)35(32,33)21-11-6-17(2)7-12-21/h4-14H,15H2,1-3H3,(H,27,29,31). The van der Waals surface area contributed by atoms with Gasteiger partial charge < -0.3 is 0 Å². The average Bonchev–Trinajstić information content (AvgIpc) is 3.27. The van der Waals surface area contributed by atoms with E-state index in [9.17, 15) is 13.2 Å². The van der Waals surface area contributed by atoms with Crippen molar-refractivity contribution in [2.45, 2.75) is 25.7 Å². The van der Waals surface area contributed by atoms with Gasteiger partial charge in [-0.15, -0.1) is 10.2 Å². The Morgan fingerprint density at radius 1 is 0.943 bits per heavy atom. The van der Waals surface area contributed by atoms with Crippen LogP contribution in [-0.2, 0) is 14.8 Å². The number of hydrogen-bond acceptors (Lipinski definition) is 6. The number of aromatic nitrogens is 2. The van der Waals surface area contributed by atoms with E-state index in [4.69, 9.17) is 11.6 Å². The fourth-order valence-corrected chi connectivity index (χ4v) is 5.89. The third-order valence-corrected chi connectivity index (χ3v) is 8.19. The molecule has 1 heterocycles. The molecule has 0 aliphatic rings. The van der Waals surface area contributed by atoms with Gasteiger partial charge in [0.1, 0.15) is 11.6 Å². The van der Waals surface area contributed by atoms with Gasteiger partial charge in [-0.2, -0.15) is 0 Å². The summed E-state index contributed by atoms with van der Waals surface area (Å²) in [6.45, 7) is 5.17. The summed E-state index contributed by atoms with van der Waals surface area (Å²) in [5.74, 6) is -0.540. The van der Waals surface area contributed by atoms with Crippen molar-refractivity contribution in [3.05, 3.63) is 88.4 Å². The minimum atomic E-state index is -4.04. The van der Waals surface area contributed by atoms with Crippen molar-refractivity contribution >= 4 is 49.7 Å². The van der Waals surface area contributed by atoms with Crippen molar-refractivity contribution in [2.24, 2.45) is 0 Å². The van der Waals surface area contributed by atoms with E-state index >= 15 is 0 Å². The molecule has 0 saturated heterocycles. The fraction of sp³-hybridized carbons (Fsp3) is 0.160. The molecule has 0 aliphatic heterocycles. The van der Waals surface area contributed by atoms with E-state index in [0.29, 0.717) is 21.3 Å². The highest BCUT2D eigenvalue weighted by Gasteiger charge is 2.28. The van der Waals surface area contributed by atoms with Crippen molar-refractivity contribution < 1.29 is 13.2 Å². The maximum absolute atomic E-state index is 13.6. The Balaban J connectivity index is 1.61. The van der Waals surface area contributed by atoms with E-state index in [2.05, 4.69) is 15.5 Å². The van der Waals surface area contributed by atoms with Gasteiger partial charge >= 0.3 is 0 Å². The van der Waals surface area contributed by atoms with E-state index in [1.54, 1.807) is 37.3 Å². The largest absolute Gasteiger partial charge is 0.299 e. The molecule has 7 nitrogen and oxygen atoms in total. The number of nitrogens with one attached hydrogen (secondary N) is 1. The highest BCUT2D eigenvalue weighted by atomic mass is 35.5. The highest BCUT2D eigenvalue weighted by Crippen LogP contribution is 2.30. The van der Waals surface area contributed by atoms with Crippen LogP contribution in [0.2, 0.25) is 5.02 Å². The molecule has 0 unspecified atom stereocenters. The lowest BCUT2D eigenvalue weighted by atomic mass is 10.2. The molecule has 0 fully saturated rings. The first kappa shape index (κ1) is 24.8. The Bertz CT molecular complexity index is 1470. The molecule has 180 valence electrons. The third-order valence-electron chi connectivity index (χ3n) is 5.29. The summed E-state index contributed by atoms with van der Waals surface area (Å²) in [6, 6.07) is 19.1. The van der Waals surface area contributed by atoms with Gasteiger partial charge in [-0.05, 0) is 56.7 Å². The first-order valence-electron chi connectivity index (χ1n) is 10.7. The SMILES string of the molecule is Cc1ccc(-c2nnc(NC(=O)CN(c3ccc(Cl)cc3C)S(=O)(=O)c3ccc(C)cc3)s2)cc1. The van der Waals surface area contributed by atoms with Crippen LogP contribution in [0.1, 0.15) is 16.7 Å². The van der Waals surface area contributed by atoms with Crippen LogP contribution in [0, 0.1) is 20.8 Å². The van der Waals surface area contributed by atoms with E-state index in [-0.39, 0.29) is 10.0 Å². The molecule has 4 aromatic rings. The molecule has 0 atom stereocenters. The van der Waals surface area contributed by atoms with Gasteiger partial charge in [-0.3, -0.25) is 14.4 Å². The van der Waals surface area contributed by atoms with Gasteiger partial charge in [-0.25, -0.2) is 8.42 Å². The van der Waals surface area contributed by atoms with Crippen LogP contribution in [0.3, 0.4) is 0 Å². The topological polar surface area (TPSA) is 92.3 Å². The summed E-state index contributed by atoms with van der Waals surface area (Å²) in [6.07, 6.45) is 0. The lowest BCUT2D eigenvalue weighted by Crippen LogP contribution is -2.38. The van der Waals surface area contributed by atoms with Gasteiger partial charge in [0.2, 0.25) is 11.0 Å². The summed E-state index contributed by atoms with van der Waals surface area (Å²) in [5.41, 5.74) is 3.92. The Kier molecular flexibility index (Phi) is 7.20. The Hall–Kier alpha value is -3.27. The lowest BCUT2D eigenvalue weighted by molar-refractivity contribution is -0.114. The van der Waals surface area contributed by atoms with Crippen LogP contribution in [0.15, 0.2) is 71.6 Å². The number of nitrogens with zero attached hydrogens (tertiary/aromatic N) is 3. The van der Waals surface area contributed by atoms with Gasteiger partial charge in [0, 0.05) is 10.6 Å². The van der Waals surface area contributed by atoms with E-state index in [0.717, 1.165) is 21.0 Å². The maximum atomic E-state index is 13.6. The molecule has 0 bridgehead atoms. The second-order valence-electron chi connectivity index (χ2n) is 8.08. The molecule has 10 heteroatoms. The molecule has 3 aromatic carbocycles. The van der Waals surface area contributed by atoms with Crippen molar-refractivity contribution in [2.75, 3.05) is 16.2 Å². The average molecular weight is 527 g/mol. The quantitative estimate of drug-likeness (QED) is 0.337. The van der Waals surface area contributed by atoms with Crippen LogP contribution in [0.25, 0.3) is 10.6 Å². The molecule has 1 aromatic heterocycles. The minimum absolute atomic E-state index is 0.0859. The van der Waals surface area contributed by atoms with Crippen LogP contribution < -0.4 is 9.62 Å². The maximum Gasteiger partial charge on any atom is 0.264 e. The summed E-state index contributed by atoms with van der Waals surface area (Å²) in [5, 5.41) is 12.3. The monoisotopic (exact) mass is 526 g/mol. The molecule has 0 saturated carbocycles.